The molecule has 0 saturated carbocycles. The standard InChI is InChI=1S/C31H24N3OP.Ni/c1-2-20-36(35)28-16-9-15-27(33-24-12-4-3-5-13-24)30(28)31-29(36)18-17-26(34-31)23-11-8-10-22(21-23)25-14-6-7-19-32-25;/h3-19H,2,20H2,1H3;/q-2;+2. The number of pyridine rings is 2. The van der Waals surface area contributed by atoms with Crippen LogP contribution in [0.5, 0.6) is 0 Å². The summed E-state index contributed by atoms with van der Waals surface area (Å²) in [4.78, 5) is 9.56. The van der Waals surface area contributed by atoms with Crippen LogP contribution < -0.4 is 10.6 Å². The fraction of sp³-hybridized carbons (Fsp3) is 0.0968. The summed E-state index contributed by atoms with van der Waals surface area (Å²) in [6.07, 6.45) is 3.23. The third kappa shape index (κ3) is 4.55. The Morgan fingerprint density at radius 1 is 0.784 bits per heavy atom. The van der Waals surface area contributed by atoms with E-state index in [1.807, 2.05) is 97.1 Å². The maximum atomic E-state index is 14.5. The van der Waals surface area contributed by atoms with Gasteiger partial charge in [-0.15, -0.1) is 35.6 Å². The maximum Gasteiger partial charge on any atom is 2.00 e. The molecule has 3 heterocycles. The van der Waals surface area contributed by atoms with Crippen molar-refractivity contribution in [2.45, 2.75) is 13.3 Å². The van der Waals surface area contributed by atoms with Crippen LogP contribution in [0.2, 0.25) is 0 Å². The molecule has 6 rings (SSSR count). The molecule has 0 saturated heterocycles. The molecule has 0 fully saturated rings. The van der Waals surface area contributed by atoms with Gasteiger partial charge in [-0.25, -0.2) is 0 Å². The van der Waals surface area contributed by atoms with E-state index in [9.17, 15) is 4.57 Å². The topological polar surface area (TPSA) is 57.0 Å². The van der Waals surface area contributed by atoms with E-state index in [0.717, 1.165) is 62.2 Å². The Hall–Kier alpha value is -3.52. The zero-order valence-corrected chi connectivity index (χ0v) is 22.1. The van der Waals surface area contributed by atoms with Gasteiger partial charge >= 0.3 is 16.5 Å². The second kappa shape index (κ2) is 10.5. The van der Waals surface area contributed by atoms with Crippen LogP contribution in [-0.2, 0) is 21.1 Å². The molecule has 4 nitrogen and oxygen atoms in total. The largest absolute Gasteiger partial charge is 2.00 e. The minimum atomic E-state index is -2.79. The van der Waals surface area contributed by atoms with E-state index in [4.69, 9.17) is 10.3 Å². The Bertz CT molecular complexity index is 1610. The second-order valence-electron chi connectivity index (χ2n) is 8.84. The molecular weight excluding hydrogens is 520 g/mol. The average Bonchev–Trinajstić information content (AvgIpc) is 3.18. The Kier molecular flexibility index (Phi) is 7.11. The van der Waals surface area contributed by atoms with Crippen LogP contribution in [0.3, 0.4) is 0 Å². The van der Waals surface area contributed by atoms with Gasteiger partial charge in [0.1, 0.15) is 7.14 Å². The minimum absolute atomic E-state index is 0. The molecule has 0 N–H and O–H groups in total. The first-order valence-electron chi connectivity index (χ1n) is 12.1. The molecular formula is C31H24N3NiOP. The summed E-state index contributed by atoms with van der Waals surface area (Å²) in [5, 5.41) is 6.62. The fourth-order valence-corrected chi connectivity index (χ4v) is 7.96. The molecule has 0 bridgehead atoms. The first kappa shape index (κ1) is 25.1. The van der Waals surface area contributed by atoms with Crippen LogP contribution in [0.4, 0.5) is 11.4 Å². The van der Waals surface area contributed by atoms with Gasteiger partial charge in [0.2, 0.25) is 0 Å². The van der Waals surface area contributed by atoms with Crippen molar-refractivity contribution in [1.82, 2.24) is 9.97 Å². The number of aromatic nitrogens is 2. The predicted octanol–water partition coefficient (Wildman–Crippen LogP) is 7.65. The zero-order valence-electron chi connectivity index (χ0n) is 20.2. The third-order valence-electron chi connectivity index (χ3n) is 6.47. The van der Waals surface area contributed by atoms with Crippen LogP contribution in [0.1, 0.15) is 13.3 Å². The monoisotopic (exact) mass is 543 g/mol. The van der Waals surface area contributed by atoms with E-state index >= 15 is 0 Å². The van der Waals surface area contributed by atoms with E-state index in [1.54, 1.807) is 6.20 Å². The van der Waals surface area contributed by atoms with Crippen molar-refractivity contribution < 1.29 is 21.1 Å². The molecule has 0 aliphatic carbocycles. The smallest absolute Gasteiger partial charge is 0.657 e. The van der Waals surface area contributed by atoms with Crippen LogP contribution in [0, 0.1) is 6.07 Å². The summed E-state index contributed by atoms with van der Waals surface area (Å²) in [6, 6.07) is 35.1. The minimum Gasteiger partial charge on any atom is -0.657 e. The van der Waals surface area contributed by atoms with Crippen molar-refractivity contribution in [3.05, 3.63) is 115 Å². The SMILES string of the molecule is CCCP1(=O)c2ccc(-c3[c-]c(-c4ccccn4)ccc3)nc2-c2c([N-]c3ccccc3)cccc21.[Ni+2]. The summed E-state index contributed by atoms with van der Waals surface area (Å²) < 4.78 is 14.5. The first-order chi connectivity index (χ1) is 17.7. The summed E-state index contributed by atoms with van der Waals surface area (Å²) in [5.74, 6) is 0. The molecule has 0 spiro atoms. The van der Waals surface area contributed by atoms with Crippen LogP contribution in [0.15, 0.2) is 103 Å². The van der Waals surface area contributed by atoms with Crippen molar-refractivity contribution in [2.24, 2.45) is 0 Å². The molecule has 0 amide bonds. The van der Waals surface area contributed by atoms with Crippen LogP contribution >= 0.6 is 7.14 Å². The van der Waals surface area contributed by atoms with Gasteiger partial charge < -0.3 is 9.88 Å². The molecule has 184 valence electrons. The molecule has 0 radical (unpaired) electrons. The molecule has 2 aromatic heterocycles. The first-order valence-corrected chi connectivity index (χ1v) is 14.0. The van der Waals surface area contributed by atoms with Gasteiger partial charge in [0, 0.05) is 34.4 Å². The van der Waals surface area contributed by atoms with Crippen LogP contribution in [0.25, 0.3) is 39.1 Å². The van der Waals surface area contributed by atoms with Gasteiger partial charge in [0.15, 0.2) is 0 Å². The Morgan fingerprint density at radius 3 is 2.30 bits per heavy atom. The van der Waals surface area contributed by atoms with E-state index in [2.05, 4.69) is 18.0 Å². The Morgan fingerprint density at radius 2 is 1.54 bits per heavy atom. The molecule has 6 heteroatoms. The number of fused-ring (bicyclic) bond motifs is 3. The zero-order chi connectivity index (χ0) is 24.5. The van der Waals surface area contributed by atoms with Gasteiger partial charge in [-0.1, -0.05) is 90.8 Å². The van der Waals surface area contributed by atoms with Gasteiger partial charge in [-0.05, 0) is 18.1 Å². The number of para-hydroxylation sites is 1. The third-order valence-corrected chi connectivity index (χ3v) is 9.83. The van der Waals surface area contributed by atoms with Crippen molar-refractivity contribution in [3.8, 4) is 33.8 Å². The average molecular weight is 544 g/mol. The molecule has 3 aromatic carbocycles. The number of hydrogen-bond acceptors (Lipinski definition) is 3. The molecule has 1 aliphatic heterocycles. The number of rotatable bonds is 6. The molecule has 5 aromatic rings. The number of nitrogens with zero attached hydrogens (tertiary/aromatic N) is 3. The van der Waals surface area contributed by atoms with Gasteiger partial charge in [0.25, 0.3) is 0 Å². The summed E-state index contributed by atoms with van der Waals surface area (Å²) >= 11 is 0. The van der Waals surface area contributed by atoms with E-state index < -0.39 is 7.14 Å². The fourth-order valence-electron chi connectivity index (χ4n) is 4.86. The normalized spacial score (nSPS) is 15.4. The molecule has 1 aliphatic rings. The van der Waals surface area contributed by atoms with E-state index in [0.29, 0.717) is 6.16 Å². The van der Waals surface area contributed by atoms with Crippen molar-refractivity contribution in [2.75, 3.05) is 6.16 Å². The van der Waals surface area contributed by atoms with Gasteiger partial charge in [-0.2, -0.15) is 0 Å². The molecule has 1 atom stereocenters. The molecule has 1 unspecified atom stereocenters. The Balaban J connectivity index is 0.00000280. The second-order valence-corrected chi connectivity index (χ2v) is 11.7. The number of benzene rings is 3. The summed E-state index contributed by atoms with van der Waals surface area (Å²) in [7, 11) is -2.79. The molecule has 37 heavy (non-hydrogen) atoms. The number of hydrogen-bond donors (Lipinski definition) is 0. The van der Waals surface area contributed by atoms with Crippen molar-refractivity contribution in [3.63, 3.8) is 0 Å². The van der Waals surface area contributed by atoms with Gasteiger partial charge in [0.05, 0.1) is 5.69 Å². The Labute approximate surface area is 227 Å². The summed E-state index contributed by atoms with van der Waals surface area (Å²) in [6.45, 7) is 2.08. The van der Waals surface area contributed by atoms with Crippen molar-refractivity contribution >= 4 is 29.1 Å². The van der Waals surface area contributed by atoms with E-state index in [-0.39, 0.29) is 16.5 Å². The quantitative estimate of drug-likeness (QED) is 0.125. The van der Waals surface area contributed by atoms with E-state index in [1.165, 1.54) is 0 Å². The maximum absolute atomic E-state index is 14.5. The predicted molar refractivity (Wildman–Crippen MR) is 148 cm³/mol. The summed E-state index contributed by atoms with van der Waals surface area (Å²) in [5.41, 5.74) is 6.74. The van der Waals surface area contributed by atoms with Gasteiger partial charge in [-0.3, -0.25) is 9.97 Å². The van der Waals surface area contributed by atoms with Crippen LogP contribution in [-0.4, -0.2) is 16.1 Å². The van der Waals surface area contributed by atoms with Crippen molar-refractivity contribution in [1.29, 1.82) is 0 Å².